The lowest BCUT2D eigenvalue weighted by Gasteiger charge is -2.30. The molecule has 2 N–H and O–H groups in total. The number of fused-ring (bicyclic) bond motifs is 1. The van der Waals surface area contributed by atoms with Crippen molar-refractivity contribution in [2.75, 3.05) is 13.2 Å². The van der Waals surface area contributed by atoms with Crippen molar-refractivity contribution >= 4 is 0 Å². The fourth-order valence-electron chi connectivity index (χ4n) is 2.03. The molecule has 3 atom stereocenters. The highest BCUT2D eigenvalue weighted by atomic mass is 16.8. The summed E-state index contributed by atoms with van der Waals surface area (Å²) in [4.78, 5) is 0. The Labute approximate surface area is 78.3 Å². The van der Waals surface area contributed by atoms with Crippen LogP contribution in [0, 0.1) is 0 Å². The van der Waals surface area contributed by atoms with Gasteiger partial charge in [-0.1, -0.05) is 0 Å². The maximum Gasteiger partial charge on any atom is 0.163 e. The quantitative estimate of drug-likeness (QED) is 0.639. The number of nitrogens with two attached hydrogens (primary N) is 1. The molecule has 0 radical (unpaired) electrons. The lowest BCUT2D eigenvalue weighted by molar-refractivity contribution is -0.152. The Hall–Kier alpha value is -0.160. The summed E-state index contributed by atoms with van der Waals surface area (Å²) in [7, 11) is 0. The Balaban J connectivity index is 2.08. The molecule has 0 bridgehead atoms. The van der Waals surface area contributed by atoms with Gasteiger partial charge < -0.3 is 19.9 Å². The Bertz CT molecular complexity index is 195. The second-order valence-electron chi connectivity index (χ2n) is 4.07. The van der Waals surface area contributed by atoms with Gasteiger partial charge in [-0.25, -0.2) is 0 Å². The number of hydrogen-bond donors (Lipinski definition) is 1. The summed E-state index contributed by atoms with van der Waals surface area (Å²) in [5.74, 6) is -0.476. The van der Waals surface area contributed by atoms with Crippen LogP contribution in [0.5, 0.6) is 0 Å². The molecule has 4 nitrogen and oxygen atoms in total. The molecule has 0 aromatic heterocycles. The minimum absolute atomic E-state index is 0.000486. The molecule has 2 aliphatic rings. The van der Waals surface area contributed by atoms with Gasteiger partial charge in [-0.2, -0.15) is 0 Å². The molecule has 0 aliphatic carbocycles. The van der Waals surface area contributed by atoms with Crippen LogP contribution in [-0.4, -0.2) is 37.3 Å². The van der Waals surface area contributed by atoms with E-state index >= 15 is 0 Å². The summed E-state index contributed by atoms with van der Waals surface area (Å²) in [6.07, 6.45) is 1.09. The van der Waals surface area contributed by atoms with Crippen LogP contribution in [0.15, 0.2) is 0 Å². The zero-order valence-corrected chi connectivity index (χ0v) is 8.16. The predicted octanol–water partition coefficient (Wildman–Crippen LogP) is 0.254. The normalized spacial score (nSPS) is 43.2. The maximum absolute atomic E-state index is 5.73. The van der Waals surface area contributed by atoms with E-state index in [1.807, 2.05) is 13.8 Å². The molecule has 13 heavy (non-hydrogen) atoms. The third-order valence-electron chi connectivity index (χ3n) is 2.55. The molecule has 2 fully saturated rings. The van der Waals surface area contributed by atoms with Gasteiger partial charge in [0.2, 0.25) is 0 Å². The topological polar surface area (TPSA) is 53.7 Å². The molecular formula is C9H17NO3. The van der Waals surface area contributed by atoms with Crippen LogP contribution in [0.3, 0.4) is 0 Å². The lowest BCUT2D eigenvalue weighted by Crippen LogP contribution is -2.46. The van der Waals surface area contributed by atoms with Gasteiger partial charge in [-0.3, -0.25) is 0 Å². The molecule has 2 saturated heterocycles. The van der Waals surface area contributed by atoms with Crippen molar-refractivity contribution in [3.8, 4) is 0 Å². The van der Waals surface area contributed by atoms with E-state index in [0.29, 0.717) is 6.54 Å². The fraction of sp³-hybridized carbons (Fsp3) is 1.00. The first-order valence-electron chi connectivity index (χ1n) is 4.80. The molecule has 2 aliphatic heterocycles. The van der Waals surface area contributed by atoms with Crippen LogP contribution in [0.4, 0.5) is 0 Å². The predicted molar refractivity (Wildman–Crippen MR) is 47.2 cm³/mol. The Kier molecular flexibility index (Phi) is 2.32. The van der Waals surface area contributed by atoms with E-state index in [9.17, 15) is 0 Å². The first-order chi connectivity index (χ1) is 6.12. The van der Waals surface area contributed by atoms with Gasteiger partial charge in [-0.15, -0.1) is 0 Å². The summed E-state index contributed by atoms with van der Waals surface area (Å²) in [6.45, 7) is 5.08. The lowest BCUT2D eigenvalue weighted by atomic mass is 10.0. The monoisotopic (exact) mass is 187 g/mol. The standard InChI is InChI=1S/C9H17NO3/c1-9(2)12-6-3-4-11-7(5-10)8(6)13-9/h6-8H,3-5,10H2,1-2H3. The zero-order chi connectivity index (χ0) is 9.47. The second kappa shape index (κ2) is 3.20. The van der Waals surface area contributed by atoms with E-state index < -0.39 is 5.79 Å². The number of ether oxygens (including phenoxy) is 3. The SMILES string of the molecule is CC1(C)OC2CCOC(CN)C2O1. The zero-order valence-electron chi connectivity index (χ0n) is 8.16. The molecule has 0 spiro atoms. The van der Waals surface area contributed by atoms with E-state index in [1.54, 1.807) is 0 Å². The Morgan fingerprint density at radius 1 is 1.38 bits per heavy atom. The van der Waals surface area contributed by atoms with Gasteiger partial charge >= 0.3 is 0 Å². The largest absolute Gasteiger partial charge is 0.374 e. The van der Waals surface area contributed by atoms with Crippen molar-refractivity contribution in [1.29, 1.82) is 0 Å². The van der Waals surface area contributed by atoms with Crippen LogP contribution in [0.2, 0.25) is 0 Å². The summed E-state index contributed by atoms with van der Waals surface area (Å²) in [5.41, 5.74) is 5.59. The molecular weight excluding hydrogens is 170 g/mol. The van der Waals surface area contributed by atoms with Crippen molar-refractivity contribution in [3.63, 3.8) is 0 Å². The van der Waals surface area contributed by atoms with Gasteiger partial charge in [0.05, 0.1) is 12.2 Å². The first kappa shape index (κ1) is 9.40. The minimum Gasteiger partial charge on any atom is -0.374 e. The maximum atomic E-state index is 5.73. The molecule has 2 heterocycles. The van der Waals surface area contributed by atoms with Gasteiger partial charge in [0.1, 0.15) is 6.10 Å². The van der Waals surface area contributed by atoms with Crippen LogP contribution < -0.4 is 5.73 Å². The van der Waals surface area contributed by atoms with E-state index in [0.717, 1.165) is 13.0 Å². The minimum atomic E-state index is -0.476. The van der Waals surface area contributed by atoms with Crippen molar-refractivity contribution in [3.05, 3.63) is 0 Å². The summed E-state index contributed by atoms with van der Waals surface area (Å²) < 4.78 is 17.0. The van der Waals surface area contributed by atoms with Gasteiger partial charge in [0.25, 0.3) is 0 Å². The molecule has 2 rings (SSSR count). The molecule has 0 aromatic rings. The van der Waals surface area contributed by atoms with Crippen LogP contribution in [0.25, 0.3) is 0 Å². The van der Waals surface area contributed by atoms with Crippen molar-refractivity contribution in [1.82, 2.24) is 0 Å². The number of rotatable bonds is 1. The average molecular weight is 187 g/mol. The van der Waals surface area contributed by atoms with Crippen molar-refractivity contribution < 1.29 is 14.2 Å². The smallest absolute Gasteiger partial charge is 0.163 e. The van der Waals surface area contributed by atoms with E-state index in [4.69, 9.17) is 19.9 Å². The first-order valence-corrected chi connectivity index (χ1v) is 4.80. The Morgan fingerprint density at radius 3 is 2.85 bits per heavy atom. The molecule has 0 saturated carbocycles. The summed E-state index contributed by atoms with van der Waals surface area (Å²) >= 11 is 0. The van der Waals surface area contributed by atoms with Gasteiger partial charge in [0.15, 0.2) is 5.79 Å². The average Bonchev–Trinajstić information content (AvgIpc) is 2.37. The van der Waals surface area contributed by atoms with E-state index in [2.05, 4.69) is 0 Å². The summed E-state index contributed by atoms with van der Waals surface area (Å²) in [5, 5.41) is 0. The third-order valence-corrected chi connectivity index (χ3v) is 2.55. The molecule has 4 heteroatoms. The van der Waals surface area contributed by atoms with Crippen molar-refractivity contribution in [2.24, 2.45) is 5.73 Å². The highest BCUT2D eigenvalue weighted by molar-refractivity contribution is 4.90. The van der Waals surface area contributed by atoms with Gasteiger partial charge in [0, 0.05) is 13.2 Å². The second-order valence-corrected chi connectivity index (χ2v) is 4.07. The Morgan fingerprint density at radius 2 is 2.15 bits per heavy atom. The molecule has 76 valence electrons. The van der Waals surface area contributed by atoms with Crippen LogP contribution in [-0.2, 0) is 14.2 Å². The van der Waals surface area contributed by atoms with E-state index in [1.165, 1.54) is 0 Å². The van der Waals surface area contributed by atoms with Crippen molar-refractivity contribution in [2.45, 2.75) is 44.4 Å². The fourth-order valence-corrected chi connectivity index (χ4v) is 2.03. The molecule has 0 amide bonds. The highest BCUT2D eigenvalue weighted by Gasteiger charge is 2.46. The summed E-state index contributed by atoms with van der Waals surface area (Å²) in [6, 6.07) is 0. The van der Waals surface area contributed by atoms with Gasteiger partial charge in [-0.05, 0) is 20.3 Å². The van der Waals surface area contributed by atoms with Crippen LogP contribution >= 0.6 is 0 Å². The van der Waals surface area contributed by atoms with E-state index in [-0.39, 0.29) is 18.3 Å². The van der Waals surface area contributed by atoms with Crippen LogP contribution in [0.1, 0.15) is 20.3 Å². The third kappa shape index (κ3) is 1.72. The number of hydrogen-bond acceptors (Lipinski definition) is 4. The molecule has 0 aromatic carbocycles. The highest BCUT2D eigenvalue weighted by Crippen LogP contribution is 2.34. The molecule has 3 unspecified atom stereocenters.